The first-order chi connectivity index (χ1) is 8.42. The van der Waals surface area contributed by atoms with Gasteiger partial charge in [0.15, 0.2) is 0 Å². The molecule has 0 spiro atoms. The molecule has 1 aromatic carbocycles. The molecule has 2 nitrogen and oxygen atoms in total. The SMILES string of the molecule is CC(C)(C)CCCCCC(=O)O.c1ccccc1. The fourth-order valence-corrected chi connectivity index (χ4v) is 1.49. The zero-order valence-corrected chi connectivity index (χ0v) is 11.9. The molecule has 0 bridgehead atoms. The normalized spacial score (nSPS) is 10.4. The molecule has 0 aliphatic heterocycles. The lowest BCUT2D eigenvalue weighted by Gasteiger charge is -2.17. The number of carboxylic acid groups (broad SMARTS) is 1. The van der Waals surface area contributed by atoms with Crippen molar-refractivity contribution in [3.8, 4) is 0 Å². The van der Waals surface area contributed by atoms with Crippen LogP contribution in [0.5, 0.6) is 0 Å². The quantitative estimate of drug-likeness (QED) is 0.765. The molecule has 1 rings (SSSR count). The fraction of sp³-hybridized carbons (Fsp3) is 0.562. The van der Waals surface area contributed by atoms with Crippen LogP contribution in [0.2, 0.25) is 0 Å². The van der Waals surface area contributed by atoms with E-state index in [2.05, 4.69) is 20.8 Å². The van der Waals surface area contributed by atoms with Crippen LogP contribution in [0.3, 0.4) is 0 Å². The Morgan fingerprint density at radius 1 is 0.889 bits per heavy atom. The summed E-state index contributed by atoms with van der Waals surface area (Å²) in [5.74, 6) is -0.675. The van der Waals surface area contributed by atoms with Gasteiger partial charge in [0.1, 0.15) is 0 Å². The van der Waals surface area contributed by atoms with Crippen LogP contribution in [0.25, 0.3) is 0 Å². The number of hydrogen-bond acceptors (Lipinski definition) is 1. The van der Waals surface area contributed by atoms with Crippen LogP contribution in [-0.4, -0.2) is 11.1 Å². The van der Waals surface area contributed by atoms with E-state index in [1.807, 2.05) is 36.4 Å². The highest BCUT2D eigenvalue weighted by molar-refractivity contribution is 5.66. The van der Waals surface area contributed by atoms with Gasteiger partial charge in [-0.15, -0.1) is 0 Å². The van der Waals surface area contributed by atoms with Crippen molar-refractivity contribution in [2.75, 3.05) is 0 Å². The average molecular weight is 250 g/mol. The van der Waals surface area contributed by atoms with Gasteiger partial charge in [-0.2, -0.15) is 0 Å². The van der Waals surface area contributed by atoms with Gasteiger partial charge in [-0.3, -0.25) is 4.79 Å². The molecule has 0 unspecified atom stereocenters. The van der Waals surface area contributed by atoms with Crippen molar-refractivity contribution in [1.82, 2.24) is 0 Å². The molecular weight excluding hydrogens is 224 g/mol. The molecular formula is C16H26O2. The van der Waals surface area contributed by atoms with Crippen LogP contribution in [-0.2, 0) is 4.79 Å². The van der Waals surface area contributed by atoms with E-state index in [4.69, 9.17) is 5.11 Å². The van der Waals surface area contributed by atoms with Gasteiger partial charge in [0.05, 0.1) is 0 Å². The summed E-state index contributed by atoms with van der Waals surface area (Å²) in [4.78, 5) is 10.2. The second-order valence-corrected chi connectivity index (χ2v) is 5.67. The third kappa shape index (κ3) is 14.7. The summed E-state index contributed by atoms with van der Waals surface area (Å²) in [5.41, 5.74) is 0.392. The Kier molecular flexibility index (Phi) is 8.99. The maximum absolute atomic E-state index is 10.2. The number of benzene rings is 1. The van der Waals surface area contributed by atoms with Gasteiger partial charge < -0.3 is 5.11 Å². The predicted octanol–water partition coefficient (Wildman–Crippen LogP) is 4.75. The van der Waals surface area contributed by atoms with Crippen LogP contribution >= 0.6 is 0 Å². The second kappa shape index (κ2) is 9.69. The third-order valence-electron chi connectivity index (χ3n) is 2.48. The molecule has 0 radical (unpaired) electrons. The van der Waals surface area contributed by atoms with E-state index in [9.17, 15) is 4.79 Å². The van der Waals surface area contributed by atoms with Crippen LogP contribution in [0.4, 0.5) is 0 Å². The number of aliphatic carboxylic acids is 1. The summed E-state index contributed by atoms with van der Waals surface area (Å²) in [7, 11) is 0. The molecule has 1 aromatic rings. The lowest BCUT2D eigenvalue weighted by Crippen LogP contribution is -2.04. The fourth-order valence-electron chi connectivity index (χ4n) is 1.49. The molecule has 0 atom stereocenters. The first-order valence-corrected chi connectivity index (χ1v) is 6.63. The van der Waals surface area contributed by atoms with Crippen LogP contribution in [0, 0.1) is 5.41 Å². The molecule has 102 valence electrons. The maximum atomic E-state index is 10.2. The Bertz CT molecular complexity index is 272. The van der Waals surface area contributed by atoms with Crippen molar-refractivity contribution in [1.29, 1.82) is 0 Å². The molecule has 0 heterocycles. The molecule has 0 saturated carbocycles. The Labute approximate surface area is 111 Å². The van der Waals surface area contributed by atoms with E-state index in [-0.39, 0.29) is 0 Å². The molecule has 1 N–H and O–H groups in total. The zero-order valence-electron chi connectivity index (χ0n) is 11.9. The largest absolute Gasteiger partial charge is 0.481 e. The summed E-state index contributed by atoms with van der Waals surface area (Å²) in [6.45, 7) is 6.64. The van der Waals surface area contributed by atoms with E-state index in [0.717, 1.165) is 19.3 Å². The summed E-state index contributed by atoms with van der Waals surface area (Å²) in [5, 5.41) is 8.37. The van der Waals surface area contributed by atoms with Gasteiger partial charge in [-0.25, -0.2) is 0 Å². The van der Waals surface area contributed by atoms with Crippen molar-refractivity contribution in [2.24, 2.45) is 5.41 Å². The lowest BCUT2D eigenvalue weighted by atomic mass is 9.89. The van der Waals surface area contributed by atoms with Crippen molar-refractivity contribution >= 4 is 5.97 Å². The minimum atomic E-state index is -0.675. The van der Waals surface area contributed by atoms with E-state index in [0.29, 0.717) is 11.8 Å². The maximum Gasteiger partial charge on any atom is 0.303 e. The third-order valence-corrected chi connectivity index (χ3v) is 2.48. The molecule has 0 aliphatic carbocycles. The van der Waals surface area contributed by atoms with Crippen LogP contribution in [0.1, 0.15) is 52.9 Å². The minimum absolute atomic E-state index is 0.324. The topological polar surface area (TPSA) is 37.3 Å². The van der Waals surface area contributed by atoms with E-state index in [1.165, 1.54) is 6.42 Å². The van der Waals surface area contributed by atoms with E-state index < -0.39 is 5.97 Å². The monoisotopic (exact) mass is 250 g/mol. The second-order valence-electron chi connectivity index (χ2n) is 5.67. The van der Waals surface area contributed by atoms with Crippen molar-refractivity contribution in [2.45, 2.75) is 52.9 Å². The number of carbonyl (C=O) groups is 1. The Balaban J connectivity index is 0.000000397. The predicted molar refractivity (Wildman–Crippen MR) is 76.6 cm³/mol. The highest BCUT2D eigenvalue weighted by Gasteiger charge is 2.08. The summed E-state index contributed by atoms with van der Waals surface area (Å²) < 4.78 is 0. The van der Waals surface area contributed by atoms with Gasteiger partial charge in [0.25, 0.3) is 0 Å². The molecule has 0 amide bonds. The molecule has 0 aromatic heterocycles. The minimum Gasteiger partial charge on any atom is -0.481 e. The summed E-state index contributed by atoms with van der Waals surface area (Å²) >= 11 is 0. The van der Waals surface area contributed by atoms with Gasteiger partial charge in [-0.1, -0.05) is 70.0 Å². The Morgan fingerprint density at radius 2 is 1.33 bits per heavy atom. The first-order valence-electron chi connectivity index (χ1n) is 6.63. The Morgan fingerprint density at radius 3 is 1.67 bits per heavy atom. The van der Waals surface area contributed by atoms with Crippen molar-refractivity contribution in [3.05, 3.63) is 36.4 Å². The lowest BCUT2D eigenvalue weighted by molar-refractivity contribution is -0.137. The molecule has 18 heavy (non-hydrogen) atoms. The zero-order chi connectivity index (χ0) is 13.9. The van der Waals surface area contributed by atoms with Gasteiger partial charge >= 0.3 is 5.97 Å². The van der Waals surface area contributed by atoms with E-state index >= 15 is 0 Å². The highest BCUT2D eigenvalue weighted by atomic mass is 16.4. The van der Waals surface area contributed by atoms with Crippen LogP contribution < -0.4 is 0 Å². The Hall–Kier alpha value is -1.31. The number of rotatable bonds is 5. The smallest absolute Gasteiger partial charge is 0.303 e. The van der Waals surface area contributed by atoms with Crippen molar-refractivity contribution < 1.29 is 9.90 Å². The van der Waals surface area contributed by atoms with Crippen LogP contribution in [0.15, 0.2) is 36.4 Å². The standard InChI is InChI=1S/C10H20O2.C6H6/c1-10(2,3)8-6-4-5-7-9(11)12;1-2-4-6-5-3-1/h4-8H2,1-3H3,(H,11,12);1-6H. The molecule has 2 heteroatoms. The number of unbranched alkanes of at least 4 members (excludes halogenated alkanes) is 2. The molecule has 0 saturated heterocycles. The van der Waals surface area contributed by atoms with Gasteiger partial charge in [0, 0.05) is 6.42 Å². The van der Waals surface area contributed by atoms with Crippen molar-refractivity contribution in [3.63, 3.8) is 0 Å². The van der Waals surface area contributed by atoms with Gasteiger partial charge in [0.2, 0.25) is 0 Å². The first kappa shape index (κ1) is 16.7. The summed E-state index contributed by atoms with van der Waals surface area (Å²) in [6.07, 6.45) is 4.53. The summed E-state index contributed by atoms with van der Waals surface area (Å²) in [6, 6.07) is 12.0. The molecule has 0 aliphatic rings. The van der Waals surface area contributed by atoms with Gasteiger partial charge in [-0.05, 0) is 18.3 Å². The van der Waals surface area contributed by atoms with E-state index in [1.54, 1.807) is 0 Å². The number of hydrogen-bond donors (Lipinski definition) is 1. The number of carboxylic acids is 1. The highest BCUT2D eigenvalue weighted by Crippen LogP contribution is 2.22. The molecule has 0 fully saturated rings. The average Bonchev–Trinajstić information content (AvgIpc) is 2.30.